The maximum absolute atomic E-state index is 12.1. The Morgan fingerprint density at radius 2 is 2.04 bits per heavy atom. The van der Waals surface area contributed by atoms with Crippen LogP contribution in [0.25, 0.3) is 0 Å². The molecule has 2 aromatic rings. The lowest BCUT2D eigenvalue weighted by Gasteiger charge is -2.26. The van der Waals surface area contributed by atoms with E-state index in [0.717, 1.165) is 28.4 Å². The molecular formula is C20H23NO4. The summed E-state index contributed by atoms with van der Waals surface area (Å²) in [4.78, 5) is 12.1. The van der Waals surface area contributed by atoms with Gasteiger partial charge in [-0.15, -0.1) is 0 Å². The Kier molecular flexibility index (Phi) is 5.43. The predicted molar refractivity (Wildman–Crippen MR) is 95.4 cm³/mol. The summed E-state index contributed by atoms with van der Waals surface area (Å²) < 4.78 is 16.7. The number of aryl methyl sites for hydroxylation is 2. The van der Waals surface area contributed by atoms with E-state index in [4.69, 9.17) is 14.2 Å². The summed E-state index contributed by atoms with van der Waals surface area (Å²) in [6.45, 7) is 2.88. The second kappa shape index (κ2) is 7.92. The molecule has 1 atom stereocenters. The Labute approximate surface area is 147 Å². The van der Waals surface area contributed by atoms with Gasteiger partial charge in [-0.2, -0.15) is 0 Å². The lowest BCUT2D eigenvalue weighted by Crippen LogP contribution is -2.40. The molecular weight excluding hydrogens is 318 g/mol. The first-order chi connectivity index (χ1) is 12.2. The molecule has 1 amide bonds. The van der Waals surface area contributed by atoms with Gasteiger partial charge in [-0.3, -0.25) is 4.79 Å². The van der Waals surface area contributed by atoms with Crippen molar-refractivity contribution in [3.63, 3.8) is 0 Å². The zero-order valence-corrected chi connectivity index (χ0v) is 14.6. The standard InChI is InChI=1S/C20H23NO4/c1-14-11-15(7-9-17(14)23-2)8-10-20(22)21-12-16-13-24-18-5-3-4-6-19(18)25-16/h3-7,9,11,16H,8,10,12-13H2,1-2H3,(H,21,22)/t16-/m1/s1. The number of para-hydroxylation sites is 2. The van der Waals surface area contributed by atoms with Crippen molar-refractivity contribution in [3.05, 3.63) is 53.6 Å². The van der Waals surface area contributed by atoms with Crippen LogP contribution in [0.1, 0.15) is 17.5 Å². The minimum atomic E-state index is -0.165. The molecule has 5 nitrogen and oxygen atoms in total. The average molecular weight is 341 g/mol. The van der Waals surface area contributed by atoms with Crippen LogP contribution < -0.4 is 19.5 Å². The molecule has 0 saturated heterocycles. The molecule has 0 radical (unpaired) electrons. The Morgan fingerprint density at radius 3 is 2.80 bits per heavy atom. The van der Waals surface area contributed by atoms with Crippen molar-refractivity contribution >= 4 is 5.91 Å². The second-order valence-electron chi connectivity index (χ2n) is 6.11. The van der Waals surface area contributed by atoms with Crippen molar-refractivity contribution in [2.45, 2.75) is 25.9 Å². The highest BCUT2D eigenvalue weighted by Crippen LogP contribution is 2.30. The molecule has 0 fully saturated rings. The van der Waals surface area contributed by atoms with Gasteiger partial charge in [0.25, 0.3) is 0 Å². The van der Waals surface area contributed by atoms with E-state index < -0.39 is 0 Å². The maximum Gasteiger partial charge on any atom is 0.220 e. The first-order valence-corrected chi connectivity index (χ1v) is 8.44. The topological polar surface area (TPSA) is 56.8 Å². The molecule has 0 spiro atoms. The smallest absolute Gasteiger partial charge is 0.220 e. The highest BCUT2D eigenvalue weighted by molar-refractivity contribution is 5.76. The van der Waals surface area contributed by atoms with Gasteiger partial charge in [0.1, 0.15) is 18.5 Å². The summed E-state index contributed by atoms with van der Waals surface area (Å²) in [6, 6.07) is 13.5. The largest absolute Gasteiger partial charge is 0.496 e. The lowest BCUT2D eigenvalue weighted by molar-refractivity contribution is -0.121. The molecule has 1 N–H and O–H groups in total. The third kappa shape index (κ3) is 4.44. The lowest BCUT2D eigenvalue weighted by atomic mass is 10.1. The fourth-order valence-corrected chi connectivity index (χ4v) is 2.83. The Morgan fingerprint density at radius 1 is 1.24 bits per heavy atom. The molecule has 0 bridgehead atoms. The van der Waals surface area contributed by atoms with Crippen LogP contribution in [0.3, 0.4) is 0 Å². The van der Waals surface area contributed by atoms with E-state index in [1.807, 2.05) is 43.3 Å². The van der Waals surface area contributed by atoms with Gasteiger partial charge in [0, 0.05) is 6.42 Å². The summed E-state index contributed by atoms with van der Waals surface area (Å²) in [5.41, 5.74) is 2.20. The van der Waals surface area contributed by atoms with Crippen LogP contribution in [0.15, 0.2) is 42.5 Å². The number of carbonyl (C=O) groups is 1. The van der Waals surface area contributed by atoms with Gasteiger partial charge >= 0.3 is 0 Å². The Hall–Kier alpha value is -2.69. The van der Waals surface area contributed by atoms with Gasteiger partial charge in [0.05, 0.1) is 13.7 Å². The zero-order valence-electron chi connectivity index (χ0n) is 14.6. The molecule has 1 aliphatic rings. The van der Waals surface area contributed by atoms with Crippen LogP contribution >= 0.6 is 0 Å². The van der Waals surface area contributed by atoms with Crippen molar-refractivity contribution in [3.8, 4) is 17.2 Å². The Balaban J connectivity index is 1.44. The molecule has 0 unspecified atom stereocenters. The first-order valence-electron chi connectivity index (χ1n) is 8.44. The summed E-state index contributed by atoms with van der Waals surface area (Å²) in [6.07, 6.45) is 0.972. The average Bonchev–Trinajstić information content (AvgIpc) is 2.64. The van der Waals surface area contributed by atoms with E-state index in [9.17, 15) is 4.79 Å². The number of carbonyl (C=O) groups excluding carboxylic acids is 1. The number of nitrogens with one attached hydrogen (secondary N) is 1. The molecule has 5 heteroatoms. The van der Waals surface area contributed by atoms with Gasteiger partial charge in [-0.05, 0) is 42.7 Å². The Bertz CT molecular complexity index is 744. The number of amides is 1. The fourth-order valence-electron chi connectivity index (χ4n) is 2.83. The summed E-state index contributed by atoms with van der Waals surface area (Å²) in [7, 11) is 1.66. The third-order valence-corrected chi connectivity index (χ3v) is 4.19. The number of methoxy groups -OCH3 is 1. The van der Waals surface area contributed by atoms with Gasteiger partial charge in [0.2, 0.25) is 5.91 Å². The molecule has 25 heavy (non-hydrogen) atoms. The van der Waals surface area contributed by atoms with Gasteiger partial charge in [-0.25, -0.2) is 0 Å². The monoisotopic (exact) mass is 341 g/mol. The zero-order chi connectivity index (χ0) is 17.6. The van der Waals surface area contributed by atoms with E-state index in [2.05, 4.69) is 11.4 Å². The van der Waals surface area contributed by atoms with E-state index in [-0.39, 0.29) is 12.0 Å². The van der Waals surface area contributed by atoms with Crippen LogP contribution in [0, 0.1) is 6.92 Å². The number of benzene rings is 2. The van der Waals surface area contributed by atoms with Crippen molar-refractivity contribution in [2.24, 2.45) is 0 Å². The minimum absolute atomic E-state index is 0.0101. The number of rotatable bonds is 6. The maximum atomic E-state index is 12.1. The highest BCUT2D eigenvalue weighted by Gasteiger charge is 2.20. The molecule has 0 aromatic heterocycles. The summed E-state index contributed by atoms with van der Waals surface area (Å²) >= 11 is 0. The molecule has 132 valence electrons. The third-order valence-electron chi connectivity index (χ3n) is 4.19. The SMILES string of the molecule is COc1ccc(CCC(=O)NC[C@@H]2COc3ccccc3O2)cc1C. The molecule has 1 heterocycles. The van der Waals surface area contributed by atoms with E-state index in [1.165, 1.54) is 0 Å². The number of hydrogen-bond donors (Lipinski definition) is 1. The van der Waals surface area contributed by atoms with E-state index >= 15 is 0 Å². The number of fused-ring (bicyclic) bond motifs is 1. The van der Waals surface area contributed by atoms with Crippen LogP contribution in [0.5, 0.6) is 17.2 Å². The predicted octanol–water partition coefficient (Wildman–Crippen LogP) is 2.89. The summed E-state index contributed by atoms with van der Waals surface area (Å²) in [5.74, 6) is 2.35. The first kappa shape index (κ1) is 17.1. The highest BCUT2D eigenvalue weighted by atomic mass is 16.6. The van der Waals surface area contributed by atoms with Gasteiger partial charge in [-0.1, -0.05) is 24.3 Å². The normalized spacial score (nSPS) is 15.5. The van der Waals surface area contributed by atoms with E-state index in [1.54, 1.807) is 7.11 Å². The van der Waals surface area contributed by atoms with Crippen molar-refractivity contribution in [1.82, 2.24) is 5.32 Å². The molecule has 2 aromatic carbocycles. The molecule has 3 rings (SSSR count). The molecule has 0 saturated carbocycles. The number of hydrogen-bond acceptors (Lipinski definition) is 4. The summed E-state index contributed by atoms with van der Waals surface area (Å²) in [5, 5.41) is 2.92. The number of ether oxygens (including phenoxy) is 3. The molecule has 0 aliphatic carbocycles. The van der Waals surface area contributed by atoms with Crippen LogP contribution in [-0.4, -0.2) is 32.3 Å². The van der Waals surface area contributed by atoms with Crippen molar-refractivity contribution in [2.75, 3.05) is 20.3 Å². The van der Waals surface area contributed by atoms with Crippen molar-refractivity contribution < 1.29 is 19.0 Å². The van der Waals surface area contributed by atoms with Crippen LogP contribution in [0.4, 0.5) is 0 Å². The van der Waals surface area contributed by atoms with Crippen molar-refractivity contribution in [1.29, 1.82) is 0 Å². The minimum Gasteiger partial charge on any atom is -0.496 e. The second-order valence-corrected chi connectivity index (χ2v) is 6.11. The van der Waals surface area contributed by atoms with E-state index in [0.29, 0.717) is 26.0 Å². The van der Waals surface area contributed by atoms with Crippen LogP contribution in [0.2, 0.25) is 0 Å². The quantitative estimate of drug-likeness (QED) is 0.878. The van der Waals surface area contributed by atoms with Gasteiger partial charge in [0.15, 0.2) is 11.5 Å². The van der Waals surface area contributed by atoms with Gasteiger partial charge < -0.3 is 19.5 Å². The van der Waals surface area contributed by atoms with Crippen LogP contribution in [-0.2, 0) is 11.2 Å². The fraction of sp³-hybridized carbons (Fsp3) is 0.350. The molecule has 1 aliphatic heterocycles.